The van der Waals surface area contributed by atoms with Crippen LogP contribution in [0, 0.1) is 5.41 Å². The van der Waals surface area contributed by atoms with Crippen molar-refractivity contribution in [2.24, 2.45) is 5.41 Å². The highest BCUT2D eigenvalue weighted by Gasteiger charge is 2.31. The van der Waals surface area contributed by atoms with Crippen LogP contribution in [-0.4, -0.2) is 29.4 Å². The highest BCUT2D eigenvalue weighted by Crippen LogP contribution is 2.26. The molecule has 2 unspecified atom stereocenters. The molecule has 1 aromatic heterocycles. The van der Waals surface area contributed by atoms with Crippen LogP contribution in [0.3, 0.4) is 0 Å². The van der Waals surface area contributed by atoms with Crippen LogP contribution in [0.2, 0.25) is 0 Å². The maximum atomic E-state index is 10.2. The first-order valence-electron chi connectivity index (χ1n) is 5.75. The topological polar surface area (TPSA) is 68.4 Å². The van der Waals surface area contributed by atoms with Crippen LogP contribution in [0.15, 0.2) is 18.5 Å². The molecule has 96 valence electrons. The molecule has 3 N–H and O–H groups in total. The predicted octanol–water partition coefficient (Wildman–Crippen LogP) is 1.63. The molecule has 0 amide bonds. The fourth-order valence-electron chi connectivity index (χ4n) is 2.03. The summed E-state index contributed by atoms with van der Waals surface area (Å²) < 4.78 is 5.38. The lowest BCUT2D eigenvalue weighted by Crippen LogP contribution is -2.40. The van der Waals surface area contributed by atoms with Gasteiger partial charge < -0.3 is 15.6 Å². The second-order valence-electron chi connectivity index (χ2n) is 5.37. The number of nitrogens with two attached hydrogens (primary N) is 1. The molecule has 1 heterocycles. The summed E-state index contributed by atoms with van der Waals surface area (Å²) in [6, 6.07) is 1.74. The highest BCUT2D eigenvalue weighted by atomic mass is 16.5. The van der Waals surface area contributed by atoms with Gasteiger partial charge >= 0.3 is 0 Å². The van der Waals surface area contributed by atoms with E-state index in [4.69, 9.17) is 10.5 Å². The van der Waals surface area contributed by atoms with Gasteiger partial charge in [0.15, 0.2) is 0 Å². The molecule has 0 saturated heterocycles. The molecule has 2 atom stereocenters. The minimum absolute atomic E-state index is 0.120. The SMILES string of the molecule is COC(C(O)Cc1cnccc1N)C(C)(C)C. The van der Waals surface area contributed by atoms with Gasteiger partial charge in [-0.15, -0.1) is 0 Å². The number of nitrogen functional groups attached to an aromatic ring is 1. The largest absolute Gasteiger partial charge is 0.398 e. The summed E-state index contributed by atoms with van der Waals surface area (Å²) >= 11 is 0. The molecule has 0 spiro atoms. The average molecular weight is 238 g/mol. The van der Waals surface area contributed by atoms with E-state index in [1.807, 2.05) is 20.8 Å². The van der Waals surface area contributed by atoms with Crippen molar-refractivity contribution in [2.45, 2.75) is 39.4 Å². The van der Waals surface area contributed by atoms with Gasteiger partial charge in [-0.2, -0.15) is 0 Å². The monoisotopic (exact) mass is 238 g/mol. The number of hydrogen-bond donors (Lipinski definition) is 2. The van der Waals surface area contributed by atoms with Crippen molar-refractivity contribution in [3.05, 3.63) is 24.0 Å². The van der Waals surface area contributed by atoms with Crippen LogP contribution in [0.4, 0.5) is 5.69 Å². The zero-order chi connectivity index (χ0) is 13.1. The smallest absolute Gasteiger partial charge is 0.0881 e. The average Bonchev–Trinajstić information content (AvgIpc) is 2.20. The van der Waals surface area contributed by atoms with Crippen LogP contribution in [-0.2, 0) is 11.2 Å². The van der Waals surface area contributed by atoms with Gasteiger partial charge in [-0.1, -0.05) is 20.8 Å². The number of methoxy groups -OCH3 is 1. The van der Waals surface area contributed by atoms with Crippen molar-refractivity contribution in [1.82, 2.24) is 4.98 Å². The van der Waals surface area contributed by atoms with Crippen LogP contribution < -0.4 is 5.73 Å². The van der Waals surface area contributed by atoms with Gasteiger partial charge in [-0.3, -0.25) is 4.98 Å². The van der Waals surface area contributed by atoms with E-state index in [-0.39, 0.29) is 11.5 Å². The van der Waals surface area contributed by atoms with E-state index in [1.165, 1.54) is 0 Å². The normalized spacial score (nSPS) is 15.6. The molecular formula is C13H22N2O2. The zero-order valence-electron chi connectivity index (χ0n) is 11.0. The highest BCUT2D eigenvalue weighted by molar-refractivity contribution is 5.44. The summed E-state index contributed by atoms with van der Waals surface area (Å²) in [5, 5.41) is 10.2. The van der Waals surface area contributed by atoms with Gasteiger partial charge in [0.2, 0.25) is 0 Å². The number of aliphatic hydroxyl groups excluding tert-OH is 1. The molecule has 17 heavy (non-hydrogen) atoms. The number of aliphatic hydroxyl groups is 1. The quantitative estimate of drug-likeness (QED) is 0.836. The minimum Gasteiger partial charge on any atom is -0.398 e. The standard InChI is InChI=1S/C13H22N2O2/c1-13(2,3)12(17-4)11(16)7-9-8-15-6-5-10(9)14/h5-6,8,11-12,16H,7H2,1-4H3,(H2,14,15). The summed E-state index contributed by atoms with van der Waals surface area (Å²) in [4.78, 5) is 4.01. The van der Waals surface area contributed by atoms with Crippen LogP contribution in [0.25, 0.3) is 0 Å². The first-order valence-corrected chi connectivity index (χ1v) is 5.75. The first-order chi connectivity index (χ1) is 7.86. The van der Waals surface area contributed by atoms with Crippen molar-refractivity contribution in [3.63, 3.8) is 0 Å². The fraction of sp³-hybridized carbons (Fsp3) is 0.615. The predicted molar refractivity (Wildman–Crippen MR) is 68.6 cm³/mol. The van der Waals surface area contributed by atoms with Gasteiger partial charge in [0.1, 0.15) is 0 Å². The number of ether oxygens (including phenoxy) is 1. The van der Waals surface area contributed by atoms with E-state index in [1.54, 1.807) is 25.6 Å². The van der Waals surface area contributed by atoms with Gasteiger partial charge in [0, 0.05) is 31.6 Å². The van der Waals surface area contributed by atoms with E-state index < -0.39 is 6.10 Å². The molecule has 1 aromatic rings. The lowest BCUT2D eigenvalue weighted by Gasteiger charge is -2.33. The molecular weight excluding hydrogens is 216 g/mol. The summed E-state index contributed by atoms with van der Waals surface area (Å²) in [5.41, 5.74) is 7.22. The van der Waals surface area contributed by atoms with Crippen molar-refractivity contribution in [2.75, 3.05) is 12.8 Å². The third-order valence-corrected chi connectivity index (χ3v) is 2.83. The van der Waals surface area contributed by atoms with E-state index in [0.29, 0.717) is 12.1 Å². The number of nitrogens with zero attached hydrogens (tertiary/aromatic N) is 1. The summed E-state index contributed by atoms with van der Waals surface area (Å²) in [6.45, 7) is 6.12. The molecule has 4 nitrogen and oxygen atoms in total. The fourth-order valence-corrected chi connectivity index (χ4v) is 2.03. The molecule has 4 heteroatoms. The van der Waals surface area contributed by atoms with Crippen LogP contribution in [0.5, 0.6) is 0 Å². The summed E-state index contributed by atoms with van der Waals surface area (Å²) in [7, 11) is 1.62. The molecule has 0 saturated carbocycles. The second-order valence-corrected chi connectivity index (χ2v) is 5.37. The Morgan fingerprint density at radius 3 is 2.59 bits per heavy atom. The van der Waals surface area contributed by atoms with E-state index in [0.717, 1.165) is 5.56 Å². The molecule has 0 aliphatic heterocycles. The molecule has 0 radical (unpaired) electrons. The molecule has 0 aromatic carbocycles. The molecule has 0 bridgehead atoms. The Morgan fingerprint density at radius 1 is 1.47 bits per heavy atom. The maximum Gasteiger partial charge on any atom is 0.0881 e. The van der Waals surface area contributed by atoms with E-state index in [9.17, 15) is 5.11 Å². The third-order valence-electron chi connectivity index (χ3n) is 2.83. The number of aromatic nitrogens is 1. The van der Waals surface area contributed by atoms with E-state index in [2.05, 4.69) is 4.98 Å². The Labute approximate surface area is 103 Å². The Kier molecular flexibility index (Phi) is 4.48. The van der Waals surface area contributed by atoms with Crippen LogP contribution in [0.1, 0.15) is 26.3 Å². The summed E-state index contributed by atoms with van der Waals surface area (Å²) in [5.74, 6) is 0. The number of hydrogen-bond acceptors (Lipinski definition) is 4. The Bertz CT molecular complexity index is 361. The lowest BCUT2D eigenvalue weighted by atomic mass is 9.84. The molecule has 0 aliphatic rings. The van der Waals surface area contributed by atoms with Gasteiger partial charge in [-0.05, 0) is 17.0 Å². The Balaban J connectivity index is 2.78. The third kappa shape index (κ3) is 3.68. The van der Waals surface area contributed by atoms with Gasteiger partial charge in [0.05, 0.1) is 12.2 Å². The lowest BCUT2D eigenvalue weighted by molar-refractivity contribution is -0.0698. The number of rotatable bonds is 4. The Morgan fingerprint density at radius 2 is 2.12 bits per heavy atom. The van der Waals surface area contributed by atoms with Gasteiger partial charge in [-0.25, -0.2) is 0 Å². The van der Waals surface area contributed by atoms with Crippen molar-refractivity contribution < 1.29 is 9.84 Å². The number of anilines is 1. The number of pyridine rings is 1. The van der Waals surface area contributed by atoms with Crippen LogP contribution >= 0.6 is 0 Å². The first kappa shape index (κ1) is 13.9. The van der Waals surface area contributed by atoms with Crippen molar-refractivity contribution in [3.8, 4) is 0 Å². The van der Waals surface area contributed by atoms with Crippen molar-refractivity contribution >= 4 is 5.69 Å². The second kappa shape index (κ2) is 5.47. The summed E-state index contributed by atoms with van der Waals surface area (Å²) in [6.07, 6.45) is 2.96. The molecule has 1 rings (SSSR count). The minimum atomic E-state index is -0.591. The van der Waals surface area contributed by atoms with Gasteiger partial charge in [0.25, 0.3) is 0 Å². The molecule has 0 fully saturated rings. The molecule has 0 aliphatic carbocycles. The zero-order valence-corrected chi connectivity index (χ0v) is 11.0. The van der Waals surface area contributed by atoms with Crippen molar-refractivity contribution in [1.29, 1.82) is 0 Å². The van der Waals surface area contributed by atoms with E-state index >= 15 is 0 Å². The Hall–Kier alpha value is -1.13. The maximum absolute atomic E-state index is 10.2.